The minimum absolute atomic E-state index is 0.0000129. The van der Waals surface area contributed by atoms with Crippen LogP contribution in [0, 0.1) is 0 Å². The third-order valence-electron chi connectivity index (χ3n) is 4.88. The van der Waals surface area contributed by atoms with Crippen LogP contribution >= 0.6 is 11.8 Å². The van der Waals surface area contributed by atoms with Crippen LogP contribution in [0.3, 0.4) is 0 Å². The van der Waals surface area contributed by atoms with Crippen LogP contribution in [0.2, 0.25) is 0 Å². The van der Waals surface area contributed by atoms with E-state index >= 15 is 0 Å². The number of methoxy groups -OCH3 is 2. The van der Waals surface area contributed by atoms with Crippen LogP contribution in [0.4, 0.5) is 0 Å². The van der Waals surface area contributed by atoms with Gasteiger partial charge in [0.15, 0.2) is 17.3 Å². The molecule has 0 amide bonds. The van der Waals surface area contributed by atoms with Gasteiger partial charge in [-0.05, 0) is 50.1 Å². The van der Waals surface area contributed by atoms with Gasteiger partial charge in [0.25, 0.3) is 0 Å². The minimum Gasteiger partial charge on any atom is -0.493 e. The molecular formula is C22H23N3O3S. The number of ketones is 1. The molecule has 4 rings (SSSR count). The number of nitrogens with zero attached hydrogens (tertiary/aromatic N) is 3. The van der Waals surface area contributed by atoms with Gasteiger partial charge < -0.3 is 9.47 Å². The normalized spacial score (nSPS) is 14.4. The van der Waals surface area contributed by atoms with Gasteiger partial charge in [0, 0.05) is 11.5 Å². The second-order valence-electron chi connectivity index (χ2n) is 6.97. The molecule has 0 N–H and O–H groups in total. The summed E-state index contributed by atoms with van der Waals surface area (Å²) in [5.74, 6) is 2.57. The van der Waals surface area contributed by atoms with Crippen molar-refractivity contribution in [3.63, 3.8) is 0 Å². The van der Waals surface area contributed by atoms with Gasteiger partial charge >= 0.3 is 0 Å². The van der Waals surface area contributed by atoms with E-state index in [0.717, 1.165) is 24.4 Å². The van der Waals surface area contributed by atoms with Crippen molar-refractivity contribution in [1.82, 2.24) is 14.8 Å². The van der Waals surface area contributed by atoms with Gasteiger partial charge in [0.1, 0.15) is 5.82 Å². The first kappa shape index (κ1) is 19.5. The van der Waals surface area contributed by atoms with Crippen molar-refractivity contribution in [2.45, 2.75) is 36.1 Å². The molecule has 1 saturated carbocycles. The quantitative estimate of drug-likeness (QED) is 0.402. The van der Waals surface area contributed by atoms with Gasteiger partial charge in [-0.3, -0.25) is 4.79 Å². The maximum absolute atomic E-state index is 12.9. The van der Waals surface area contributed by atoms with Crippen LogP contribution in [-0.2, 0) is 0 Å². The van der Waals surface area contributed by atoms with E-state index in [-0.39, 0.29) is 11.0 Å². The number of carbonyl (C=O) groups is 1. The number of carbonyl (C=O) groups excluding carboxylic acids is 1. The first-order valence-corrected chi connectivity index (χ1v) is 10.4. The number of benzene rings is 2. The van der Waals surface area contributed by atoms with Gasteiger partial charge in [-0.1, -0.05) is 30.0 Å². The molecule has 150 valence electrons. The predicted octanol–water partition coefficient (Wildman–Crippen LogP) is 4.53. The summed E-state index contributed by atoms with van der Waals surface area (Å²) >= 11 is 1.38. The van der Waals surface area contributed by atoms with E-state index in [4.69, 9.17) is 19.6 Å². The van der Waals surface area contributed by atoms with Crippen molar-refractivity contribution in [1.29, 1.82) is 0 Å². The molecule has 0 bridgehead atoms. The number of thioether (sulfide) groups is 1. The summed E-state index contributed by atoms with van der Waals surface area (Å²) in [4.78, 5) is 17.7. The Kier molecular flexibility index (Phi) is 5.58. The third kappa shape index (κ3) is 4.15. The number of ether oxygens (including phenoxy) is 2. The van der Waals surface area contributed by atoms with Crippen molar-refractivity contribution in [2.24, 2.45) is 0 Å². The Morgan fingerprint density at radius 3 is 2.48 bits per heavy atom. The number of rotatable bonds is 8. The standard InChI is InChI=1S/C22H23N3O3S/c1-14(20(26)16-11-12-18(27-2)19(13-16)28-3)29-22-23-21(15-9-10-15)25(24-22)17-7-5-4-6-8-17/h4-8,11-15H,9-10H2,1-3H3. The Balaban J connectivity index is 1.55. The van der Waals surface area contributed by atoms with E-state index in [0.29, 0.717) is 28.1 Å². The van der Waals surface area contributed by atoms with Crippen LogP contribution in [0.1, 0.15) is 41.9 Å². The number of aromatic nitrogens is 3. The molecule has 1 atom stereocenters. The largest absolute Gasteiger partial charge is 0.493 e. The molecule has 1 aliphatic rings. The highest BCUT2D eigenvalue weighted by Gasteiger charge is 2.31. The van der Waals surface area contributed by atoms with E-state index in [1.807, 2.05) is 41.9 Å². The second kappa shape index (κ2) is 8.29. The predicted molar refractivity (Wildman–Crippen MR) is 113 cm³/mol. The van der Waals surface area contributed by atoms with Crippen molar-refractivity contribution in [3.05, 3.63) is 59.9 Å². The van der Waals surface area contributed by atoms with Crippen molar-refractivity contribution < 1.29 is 14.3 Å². The molecule has 3 aromatic rings. The Labute approximate surface area is 174 Å². The molecule has 0 radical (unpaired) electrons. The SMILES string of the molecule is COc1ccc(C(=O)C(C)Sc2nc(C3CC3)n(-c3ccccc3)n2)cc1OC. The van der Waals surface area contributed by atoms with Gasteiger partial charge in [0.2, 0.25) is 5.16 Å². The summed E-state index contributed by atoms with van der Waals surface area (Å²) in [5.41, 5.74) is 1.57. The summed E-state index contributed by atoms with van der Waals surface area (Å²) in [5, 5.41) is 4.99. The fourth-order valence-electron chi connectivity index (χ4n) is 3.16. The molecular weight excluding hydrogens is 386 g/mol. The van der Waals surface area contributed by atoms with Crippen LogP contribution in [0.5, 0.6) is 11.5 Å². The molecule has 7 heteroatoms. The second-order valence-corrected chi connectivity index (χ2v) is 8.28. The monoisotopic (exact) mass is 409 g/mol. The topological polar surface area (TPSA) is 66.2 Å². The summed E-state index contributed by atoms with van der Waals surface area (Å²) in [6, 6.07) is 15.2. The van der Waals surface area contributed by atoms with Gasteiger partial charge in [-0.2, -0.15) is 0 Å². The smallest absolute Gasteiger partial charge is 0.209 e. The summed E-state index contributed by atoms with van der Waals surface area (Å²) in [7, 11) is 3.13. The fourth-order valence-corrected chi connectivity index (χ4v) is 3.99. The molecule has 1 aromatic heterocycles. The van der Waals surface area contributed by atoms with E-state index < -0.39 is 0 Å². The Bertz CT molecular complexity index is 1020. The average Bonchev–Trinajstić information content (AvgIpc) is 3.53. The molecule has 0 aliphatic heterocycles. The zero-order valence-corrected chi connectivity index (χ0v) is 17.5. The van der Waals surface area contributed by atoms with Crippen LogP contribution in [-0.4, -0.2) is 40.0 Å². The van der Waals surface area contributed by atoms with Gasteiger partial charge in [0.05, 0.1) is 25.2 Å². The highest BCUT2D eigenvalue weighted by Crippen LogP contribution is 2.41. The van der Waals surface area contributed by atoms with Crippen LogP contribution < -0.4 is 9.47 Å². The van der Waals surface area contributed by atoms with E-state index in [1.54, 1.807) is 32.4 Å². The van der Waals surface area contributed by atoms with E-state index in [1.165, 1.54) is 11.8 Å². The Morgan fingerprint density at radius 1 is 1.10 bits per heavy atom. The number of para-hydroxylation sites is 1. The highest BCUT2D eigenvalue weighted by atomic mass is 32.2. The molecule has 2 aromatic carbocycles. The molecule has 0 saturated heterocycles. The molecule has 6 nitrogen and oxygen atoms in total. The summed E-state index contributed by atoms with van der Waals surface area (Å²) < 4.78 is 12.5. The first-order chi connectivity index (χ1) is 14.1. The third-order valence-corrected chi connectivity index (χ3v) is 5.83. The van der Waals surface area contributed by atoms with Gasteiger partial charge in [-0.15, -0.1) is 5.10 Å². The lowest BCUT2D eigenvalue weighted by Gasteiger charge is -2.11. The fraction of sp³-hybridized carbons (Fsp3) is 0.318. The highest BCUT2D eigenvalue weighted by molar-refractivity contribution is 8.00. The number of hydrogen-bond donors (Lipinski definition) is 0. The maximum atomic E-state index is 12.9. The first-order valence-electron chi connectivity index (χ1n) is 9.56. The minimum atomic E-state index is -0.327. The zero-order chi connectivity index (χ0) is 20.4. The average molecular weight is 410 g/mol. The molecule has 0 spiro atoms. The van der Waals surface area contributed by atoms with Crippen molar-refractivity contribution >= 4 is 17.5 Å². The lowest BCUT2D eigenvalue weighted by Crippen LogP contribution is -2.14. The zero-order valence-electron chi connectivity index (χ0n) is 16.7. The van der Waals surface area contributed by atoms with Gasteiger partial charge in [-0.25, -0.2) is 9.67 Å². The molecule has 1 heterocycles. The van der Waals surface area contributed by atoms with Crippen molar-refractivity contribution in [3.8, 4) is 17.2 Å². The molecule has 29 heavy (non-hydrogen) atoms. The number of hydrogen-bond acceptors (Lipinski definition) is 6. The Morgan fingerprint density at radius 2 is 1.83 bits per heavy atom. The summed E-state index contributed by atoms with van der Waals surface area (Å²) in [6.07, 6.45) is 2.27. The Hall–Kier alpha value is -2.80. The lowest BCUT2D eigenvalue weighted by atomic mass is 10.1. The van der Waals surface area contributed by atoms with Crippen LogP contribution in [0.25, 0.3) is 5.69 Å². The molecule has 1 aliphatic carbocycles. The van der Waals surface area contributed by atoms with Crippen LogP contribution in [0.15, 0.2) is 53.7 Å². The molecule has 1 fully saturated rings. The summed E-state index contributed by atoms with van der Waals surface area (Å²) in [6.45, 7) is 1.88. The van der Waals surface area contributed by atoms with E-state index in [9.17, 15) is 4.79 Å². The number of Topliss-reactive ketones (excluding diaryl/α,β-unsaturated/α-hetero) is 1. The lowest BCUT2D eigenvalue weighted by molar-refractivity contribution is 0.0993. The maximum Gasteiger partial charge on any atom is 0.209 e. The van der Waals surface area contributed by atoms with Crippen molar-refractivity contribution in [2.75, 3.05) is 14.2 Å². The van der Waals surface area contributed by atoms with E-state index in [2.05, 4.69) is 0 Å². The molecule has 1 unspecified atom stereocenters.